The minimum Gasteiger partial charge on any atom is -0.306 e. The van der Waals surface area contributed by atoms with Crippen molar-refractivity contribution in [3.8, 4) is 11.3 Å². The Morgan fingerprint density at radius 1 is 0.815 bits per heavy atom. The molecule has 27 heavy (non-hydrogen) atoms. The van der Waals surface area contributed by atoms with Crippen LogP contribution in [0.25, 0.3) is 22.3 Å². The zero-order valence-corrected chi connectivity index (χ0v) is 17.2. The van der Waals surface area contributed by atoms with Crippen molar-refractivity contribution in [2.24, 2.45) is 0 Å². The molecule has 4 rings (SSSR count). The van der Waals surface area contributed by atoms with E-state index in [1.165, 1.54) is 0 Å². The molecule has 1 amide bonds. The van der Waals surface area contributed by atoms with Crippen LogP contribution in [0, 0.1) is 0 Å². The number of hydrogen-bond acceptors (Lipinski definition) is 3. The van der Waals surface area contributed by atoms with Gasteiger partial charge in [-0.2, -0.15) is 0 Å². The lowest BCUT2D eigenvalue weighted by molar-refractivity contribution is 0.102. The van der Waals surface area contributed by atoms with Gasteiger partial charge in [-0.25, -0.2) is 9.97 Å². The first-order valence-electron chi connectivity index (χ1n) is 8.19. The number of carbonyl (C=O) groups excluding carboxylic acids is 1. The third-order valence-corrected chi connectivity index (χ3v) is 4.99. The number of anilines is 1. The van der Waals surface area contributed by atoms with E-state index >= 15 is 0 Å². The Morgan fingerprint density at radius 3 is 2.33 bits per heavy atom. The van der Waals surface area contributed by atoms with Crippen LogP contribution in [0.4, 0.5) is 5.82 Å². The molecule has 132 valence electrons. The van der Waals surface area contributed by atoms with E-state index in [0.29, 0.717) is 17.0 Å². The third-order valence-electron chi connectivity index (χ3n) is 4.00. The first-order chi connectivity index (χ1) is 13.1. The van der Waals surface area contributed by atoms with Crippen LogP contribution < -0.4 is 5.32 Å². The number of aromatic nitrogens is 2. The predicted molar refractivity (Wildman–Crippen MR) is 115 cm³/mol. The van der Waals surface area contributed by atoms with E-state index in [9.17, 15) is 4.79 Å². The van der Waals surface area contributed by atoms with Crippen molar-refractivity contribution in [3.63, 3.8) is 0 Å². The molecular weight excluding hydrogens is 470 g/mol. The maximum atomic E-state index is 12.4. The second-order valence-electron chi connectivity index (χ2n) is 5.91. The summed E-state index contributed by atoms with van der Waals surface area (Å²) in [6.07, 6.45) is 0. The lowest BCUT2D eigenvalue weighted by atomic mass is 10.1. The highest BCUT2D eigenvalue weighted by Crippen LogP contribution is 2.24. The highest BCUT2D eigenvalue weighted by molar-refractivity contribution is 9.10. The van der Waals surface area contributed by atoms with Crippen LogP contribution in [0.15, 0.2) is 81.7 Å². The van der Waals surface area contributed by atoms with Crippen LogP contribution in [0.3, 0.4) is 0 Å². The van der Waals surface area contributed by atoms with Crippen molar-refractivity contribution in [1.82, 2.24) is 9.97 Å². The fourth-order valence-corrected chi connectivity index (χ4v) is 3.49. The van der Waals surface area contributed by atoms with E-state index in [0.717, 1.165) is 25.6 Å². The van der Waals surface area contributed by atoms with Gasteiger partial charge in [0.2, 0.25) is 0 Å². The number of nitrogens with zero attached hydrogens (tertiary/aromatic N) is 2. The van der Waals surface area contributed by atoms with Gasteiger partial charge in [-0.15, -0.1) is 0 Å². The summed E-state index contributed by atoms with van der Waals surface area (Å²) in [7, 11) is 0. The Labute approximate surface area is 172 Å². The second kappa shape index (κ2) is 7.58. The van der Waals surface area contributed by atoms with Crippen LogP contribution in [0.2, 0.25) is 0 Å². The number of nitrogens with one attached hydrogen (secondary N) is 1. The van der Waals surface area contributed by atoms with Crippen molar-refractivity contribution < 1.29 is 4.79 Å². The Hall–Kier alpha value is -2.57. The second-order valence-corrected chi connectivity index (χ2v) is 7.75. The molecule has 0 radical (unpaired) electrons. The van der Waals surface area contributed by atoms with Gasteiger partial charge in [-0.3, -0.25) is 4.79 Å². The largest absolute Gasteiger partial charge is 0.306 e. The summed E-state index contributed by atoms with van der Waals surface area (Å²) < 4.78 is 1.84. The van der Waals surface area contributed by atoms with Crippen LogP contribution >= 0.6 is 31.9 Å². The van der Waals surface area contributed by atoms with E-state index in [4.69, 9.17) is 0 Å². The molecule has 2 aromatic carbocycles. The van der Waals surface area contributed by atoms with Gasteiger partial charge in [0.05, 0.1) is 5.69 Å². The molecule has 0 aliphatic rings. The van der Waals surface area contributed by atoms with Gasteiger partial charge in [-0.05, 0) is 54.6 Å². The molecule has 0 aliphatic heterocycles. The zero-order valence-electron chi connectivity index (χ0n) is 14.0. The summed E-state index contributed by atoms with van der Waals surface area (Å²) in [6, 6.07) is 22.8. The zero-order chi connectivity index (χ0) is 18.8. The summed E-state index contributed by atoms with van der Waals surface area (Å²) >= 11 is 6.86. The summed E-state index contributed by atoms with van der Waals surface area (Å²) in [6.45, 7) is 0. The molecule has 1 N–H and O–H groups in total. The number of hydrogen-bond donors (Lipinski definition) is 1. The number of amides is 1. The highest BCUT2D eigenvalue weighted by atomic mass is 79.9. The van der Waals surface area contributed by atoms with Crippen molar-refractivity contribution in [1.29, 1.82) is 0 Å². The first-order valence-corrected chi connectivity index (χ1v) is 9.78. The molecule has 4 nitrogen and oxygen atoms in total. The van der Waals surface area contributed by atoms with Gasteiger partial charge in [0.25, 0.3) is 5.91 Å². The van der Waals surface area contributed by atoms with Crippen LogP contribution in [0.1, 0.15) is 10.4 Å². The van der Waals surface area contributed by atoms with Crippen molar-refractivity contribution in [2.45, 2.75) is 0 Å². The number of fused-ring (bicyclic) bond motifs is 1. The molecule has 0 aliphatic carbocycles. The number of benzene rings is 2. The normalized spacial score (nSPS) is 10.7. The Balaban J connectivity index is 1.66. The molecule has 0 bridgehead atoms. The average molecular weight is 483 g/mol. The van der Waals surface area contributed by atoms with E-state index in [2.05, 4.69) is 47.1 Å². The number of halogens is 2. The van der Waals surface area contributed by atoms with Crippen molar-refractivity contribution in [3.05, 3.63) is 87.3 Å². The summed E-state index contributed by atoms with van der Waals surface area (Å²) in [4.78, 5) is 21.6. The monoisotopic (exact) mass is 481 g/mol. The van der Waals surface area contributed by atoms with E-state index in [1.54, 1.807) is 18.2 Å². The maximum Gasteiger partial charge on any atom is 0.256 e. The third kappa shape index (κ3) is 4.07. The van der Waals surface area contributed by atoms with Crippen LogP contribution in [-0.2, 0) is 0 Å². The maximum absolute atomic E-state index is 12.4. The van der Waals surface area contributed by atoms with Gasteiger partial charge in [-0.1, -0.05) is 50.1 Å². The minimum absolute atomic E-state index is 0.216. The number of pyridine rings is 2. The van der Waals surface area contributed by atoms with Gasteiger partial charge in [0, 0.05) is 25.5 Å². The molecular formula is C21H13Br2N3O. The molecule has 0 fully saturated rings. The molecule has 2 aromatic heterocycles. The standard InChI is InChI=1S/C21H13Br2N3O/c22-16-5-1-3-14(11-16)18-9-7-13-8-10-19(25-20(13)24-18)26-21(27)15-4-2-6-17(23)12-15/h1-12H,(H,24,25,26,27). The smallest absolute Gasteiger partial charge is 0.256 e. The highest BCUT2D eigenvalue weighted by Gasteiger charge is 2.09. The van der Waals surface area contributed by atoms with Crippen LogP contribution in [0.5, 0.6) is 0 Å². The minimum atomic E-state index is -0.216. The van der Waals surface area contributed by atoms with E-state index in [-0.39, 0.29) is 5.91 Å². The van der Waals surface area contributed by atoms with Crippen LogP contribution in [-0.4, -0.2) is 15.9 Å². The molecule has 6 heteroatoms. The lowest BCUT2D eigenvalue weighted by Crippen LogP contribution is -2.13. The predicted octanol–water partition coefficient (Wildman–Crippen LogP) is 6.07. The van der Waals surface area contributed by atoms with E-state index < -0.39 is 0 Å². The average Bonchev–Trinajstić information content (AvgIpc) is 2.67. The Bertz CT molecular complexity index is 1160. The first kappa shape index (κ1) is 17.8. The molecule has 2 heterocycles. The van der Waals surface area contributed by atoms with Gasteiger partial charge >= 0.3 is 0 Å². The van der Waals surface area contributed by atoms with Crippen molar-refractivity contribution >= 4 is 54.6 Å². The molecule has 0 unspecified atom stereocenters. The molecule has 0 spiro atoms. The summed E-state index contributed by atoms with van der Waals surface area (Å²) in [5, 5.41) is 3.74. The van der Waals surface area contributed by atoms with Gasteiger partial charge in [0.15, 0.2) is 5.65 Å². The lowest BCUT2D eigenvalue weighted by Gasteiger charge is -2.07. The quantitative estimate of drug-likeness (QED) is 0.385. The topological polar surface area (TPSA) is 54.9 Å². The Morgan fingerprint density at radius 2 is 1.56 bits per heavy atom. The molecule has 0 saturated carbocycles. The molecule has 0 saturated heterocycles. The van der Waals surface area contributed by atoms with Gasteiger partial charge in [0.1, 0.15) is 5.82 Å². The van der Waals surface area contributed by atoms with Crippen molar-refractivity contribution in [2.75, 3.05) is 5.32 Å². The molecule has 4 aromatic rings. The van der Waals surface area contributed by atoms with Gasteiger partial charge < -0.3 is 5.32 Å². The Kier molecular flexibility index (Phi) is 5.01. The number of carbonyl (C=O) groups is 1. The van der Waals surface area contributed by atoms with E-state index in [1.807, 2.05) is 54.6 Å². The number of rotatable bonds is 3. The molecule has 0 atom stereocenters. The summed E-state index contributed by atoms with van der Waals surface area (Å²) in [5.41, 5.74) is 2.96. The fourth-order valence-electron chi connectivity index (χ4n) is 2.70. The fraction of sp³-hybridized carbons (Fsp3) is 0. The summed E-state index contributed by atoms with van der Waals surface area (Å²) in [5.74, 6) is 0.248. The SMILES string of the molecule is O=C(Nc1ccc2ccc(-c3cccc(Br)c3)nc2n1)c1cccc(Br)c1.